The van der Waals surface area contributed by atoms with Gasteiger partial charge in [0.25, 0.3) is 5.91 Å². The van der Waals surface area contributed by atoms with Gasteiger partial charge >= 0.3 is 0 Å². The van der Waals surface area contributed by atoms with Crippen molar-refractivity contribution in [3.05, 3.63) is 60.2 Å². The van der Waals surface area contributed by atoms with E-state index in [2.05, 4.69) is 20.3 Å². The first-order valence-corrected chi connectivity index (χ1v) is 9.22. The Balaban J connectivity index is 1.56. The smallest absolute Gasteiger partial charge is 0.252 e. The molecule has 3 rings (SSSR count). The van der Waals surface area contributed by atoms with E-state index in [0.717, 1.165) is 15.9 Å². The van der Waals surface area contributed by atoms with E-state index in [0.29, 0.717) is 18.7 Å². The number of hydrogen-bond donors (Lipinski definition) is 3. The summed E-state index contributed by atoms with van der Waals surface area (Å²) in [6.07, 6.45) is 0. The molecule has 2 aromatic carbocycles. The highest BCUT2D eigenvalue weighted by Gasteiger charge is 2.22. The van der Waals surface area contributed by atoms with E-state index in [9.17, 15) is 14.0 Å². The molecule has 140 valence electrons. The molecule has 0 aliphatic heterocycles. The maximum absolute atomic E-state index is 12.6. The molecule has 1 heterocycles. The molecule has 0 saturated carbocycles. The molecule has 2 amide bonds. The number of anilines is 1. The third-order valence-electron chi connectivity index (χ3n) is 3.92. The second-order valence-electron chi connectivity index (χ2n) is 5.79. The zero-order valence-electron chi connectivity index (χ0n) is 14.4. The van der Waals surface area contributed by atoms with Crippen molar-refractivity contribution in [2.24, 2.45) is 0 Å². The van der Waals surface area contributed by atoms with E-state index in [-0.39, 0.29) is 0 Å². The lowest BCUT2D eigenvalue weighted by molar-refractivity contribution is -0.129. The Bertz CT molecular complexity index is 916. The number of amides is 2. The highest BCUT2D eigenvalue weighted by Crippen LogP contribution is 2.25. The predicted molar refractivity (Wildman–Crippen MR) is 104 cm³/mol. The van der Waals surface area contributed by atoms with Crippen LogP contribution in [0.25, 0.3) is 10.1 Å². The third-order valence-corrected chi connectivity index (χ3v) is 4.74. The Morgan fingerprint density at radius 2 is 1.78 bits per heavy atom. The quantitative estimate of drug-likeness (QED) is 0.520. The average molecular weight is 386 g/mol. The summed E-state index contributed by atoms with van der Waals surface area (Å²) in [5.41, 5.74) is 0.593. The number of nitrogens with zero attached hydrogens (tertiary/aromatic N) is 1. The van der Waals surface area contributed by atoms with E-state index < -0.39 is 24.5 Å². The minimum Gasteiger partial charge on any atom is -0.367 e. The molecule has 27 heavy (non-hydrogen) atoms. The van der Waals surface area contributed by atoms with Crippen molar-refractivity contribution >= 4 is 39.3 Å². The zero-order valence-corrected chi connectivity index (χ0v) is 15.3. The van der Waals surface area contributed by atoms with Crippen LogP contribution in [0.4, 0.5) is 10.2 Å². The second kappa shape index (κ2) is 9.09. The molecule has 0 aliphatic carbocycles. The Kier molecular flexibility index (Phi) is 6.32. The topological polar surface area (TPSA) is 83.1 Å². The van der Waals surface area contributed by atoms with Gasteiger partial charge in [0, 0.05) is 18.5 Å². The molecule has 1 aromatic heterocycles. The number of benzene rings is 2. The van der Waals surface area contributed by atoms with Crippen LogP contribution < -0.4 is 16.0 Å². The van der Waals surface area contributed by atoms with Gasteiger partial charge < -0.3 is 16.0 Å². The third kappa shape index (κ3) is 4.79. The summed E-state index contributed by atoms with van der Waals surface area (Å²) in [4.78, 5) is 23.9. The first kappa shape index (κ1) is 18.8. The van der Waals surface area contributed by atoms with Crippen molar-refractivity contribution in [3.8, 4) is 0 Å². The maximum Gasteiger partial charge on any atom is 0.252 e. The summed E-state index contributed by atoms with van der Waals surface area (Å²) in [6.45, 7) is -0.368. The molecule has 0 unspecified atom stereocenters. The first-order valence-electron chi connectivity index (χ1n) is 8.45. The van der Waals surface area contributed by atoms with Crippen LogP contribution in [0.15, 0.2) is 54.6 Å². The van der Waals surface area contributed by atoms with Crippen molar-refractivity contribution in [1.82, 2.24) is 15.0 Å². The van der Waals surface area contributed by atoms with Crippen LogP contribution in [0.2, 0.25) is 0 Å². The number of halogens is 1. The van der Waals surface area contributed by atoms with Crippen LogP contribution in [0.5, 0.6) is 0 Å². The number of rotatable bonds is 8. The maximum atomic E-state index is 12.6. The van der Waals surface area contributed by atoms with Crippen LogP contribution in [0.3, 0.4) is 0 Å². The van der Waals surface area contributed by atoms with Gasteiger partial charge in [-0.1, -0.05) is 42.5 Å². The minimum absolute atomic E-state index is 0.333. The Labute approximate surface area is 159 Å². The van der Waals surface area contributed by atoms with Crippen LogP contribution in [0.1, 0.15) is 11.6 Å². The zero-order chi connectivity index (χ0) is 19.1. The van der Waals surface area contributed by atoms with E-state index >= 15 is 0 Å². The summed E-state index contributed by atoms with van der Waals surface area (Å²) in [5, 5.41) is 9.39. The van der Waals surface area contributed by atoms with Crippen LogP contribution in [0, 0.1) is 0 Å². The van der Waals surface area contributed by atoms with Gasteiger partial charge in [0.1, 0.15) is 11.9 Å². The molecule has 0 bridgehead atoms. The van der Waals surface area contributed by atoms with Crippen LogP contribution in [-0.4, -0.2) is 36.0 Å². The number of aromatic nitrogens is 1. The van der Waals surface area contributed by atoms with Crippen molar-refractivity contribution in [2.45, 2.75) is 6.04 Å². The Morgan fingerprint density at radius 1 is 1.04 bits per heavy atom. The summed E-state index contributed by atoms with van der Waals surface area (Å²) in [6, 6.07) is 15.7. The lowest BCUT2D eigenvalue weighted by Gasteiger charge is -2.18. The van der Waals surface area contributed by atoms with E-state index in [4.69, 9.17) is 0 Å². The molecule has 0 radical (unpaired) electrons. The van der Waals surface area contributed by atoms with Crippen LogP contribution in [-0.2, 0) is 9.59 Å². The SMILES string of the molecule is O=C(CF)N[C@H](C(=O)NCCNc1nsc2ccccc12)c1ccccc1. The molecule has 0 fully saturated rings. The van der Waals surface area contributed by atoms with Gasteiger partial charge in [0.15, 0.2) is 6.67 Å². The first-order chi connectivity index (χ1) is 13.2. The molecule has 0 aliphatic rings. The molecule has 1 atom stereocenters. The van der Waals surface area contributed by atoms with E-state index in [1.807, 2.05) is 24.3 Å². The number of carbonyl (C=O) groups excluding carboxylic acids is 2. The highest BCUT2D eigenvalue weighted by molar-refractivity contribution is 7.13. The standard InChI is InChI=1S/C19H19FN4O2S/c20-12-16(25)23-17(13-6-2-1-3-7-13)19(26)22-11-10-21-18-14-8-4-5-9-15(14)27-24-18/h1-9,17H,10-12H2,(H,21,24)(H,22,26)(H,23,25)/t17-/m0/s1. The highest BCUT2D eigenvalue weighted by atomic mass is 32.1. The van der Waals surface area contributed by atoms with E-state index in [1.54, 1.807) is 30.3 Å². The minimum atomic E-state index is -1.17. The van der Waals surface area contributed by atoms with Gasteiger partial charge in [0.05, 0.1) is 4.70 Å². The molecule has 8 heteroatoms. The summed E-state index contributed by atoms with van der Waals surface area (Å²) >= 11 is 1.41. The number of nitrogens with one attached hydrogen (secondary N) is 3. The van der Waals surface area contributed by atoms with Gasteiger partial charge in [-0.25, -0.2) is 4.39 Å². The van der Waals surface area contributed by atoms with Gasteiger partial charge in [-0.15, -0.1) is 0 Å². The molecule has 3 aromatic rings. The fourth-order valence-electron chi connectivity index (χ4n) is 2.63. The summed E-state index contributed by atoms with van der Waals surface area (Å²) in [7, 11) is 0. The Morgan fingerprint density at radius 3 is 2.56 bits per heavy atom. The Hall–Kier alpha value is -3.00. The number of hydrogen-bond acceptors (Lipinski definition) is 5. The monoisotopic (exact) mass is 386 g/mol. The number of carbonyl (C=O) groups is 2. The number of alkyl halides is 1. The van der Waals surface area contributed by atoms with Gasteiger partial charge in [-0.2, -0.15) is 4.37 Å². The van der Waals surface area contributed by atoms with E-state index in [1.165, 1.54) is 11.5 Å². The molecule has 6 nitrogen and oxygen atoms in total. The lowest BCUT2D eigenvalue weighted by Crippen LogP contribution is -2.42. The fourth-order valence-corrected chi connectivity index (χ4v) is 3.38. The van der Waals surface area contributed by atoms with Gasteiger partial charge in [-0.05, 0) is 29.2 Å². The average Bonchev–Trinajstić information content (AvgIpc) is 3.13. The van der Waals surface area contributed by atoms with Crippen molar-refractivity contribution in [3.63, 3.8) is 0 Å². The van der Waals surface area contributed by atoms with Gasteiger partial charge in [-0.3, -0.25) is 9.59 Å². The van der Waals surface area contributed by atoms with Crippen LogP contribution >= 0.6 is 11.5 Å². The molecule has 0 spiro atoms. The fraction of sp³-hybridized carbons (Fsp3) is 0.211. The molecule has 0 saturated heterocycles. The molecular formula is C19H19FN4O2S. The summed E-state index contributed by atoms with van der Waals surface area (Å²) in [5.74, 6) is -0.450. The normalized spacial score (nSPS) is 11.7. The molecule has 3 N–H and O–H groups in total. The number of fused-ring (bicyclic) bond motifs is 1. The van der Waals surface area contributed by atoms with Crippen molar-refractivity contribution in [2.75, 3.05) is 25.1 Å². The van der Waals surface area contributed by atoms with Crippen molar-refractivity contribution < 1.29 is 14.0 Å². The molecular weight excluding hydrogens is 367 g/mol. The van der Waals surface area contributed by atoms with Crippen molar-refractivity contribution in [1.29, 1.82) is 0 Å². The predicted octanol–water partition coefficient (Wildman–Crippen LogP) is 2.65. The van der Waals surface area contributed by atoms with Gasteiger partial charge in [0.2, 0.25) is 5.91 Å². The second-order valence-corrected chi connectivity index (χ2v) is 6.59. The summed E-state index contributed by atoms with van der Waals surface area (Å²) < 4.78 is 18.0. The largest absolute Gasteiger partial charge is 0.367 e. The lowest BCUT2D eigenvalue weighted by atomic mass is 10.1.